The van der Waals surface area contributed by atoms with Gasteiger partial charge in [0.2, 0.25) is 0 Å². The number of nitrogens with zero attached hydrogens (tertiary/aromatic N) is 1. The van der Waals surface area contributed by atoms with Gasteiger partial charge in [0.05, 0.1) is 0 Å². The number of rotatable bonds is 3. The minimum absolute atomic E-state index is 0.410. The van der Waals surface area contributed by atoms with Crippen LogP contribution in [-0.2, 0) is 0 Å². The van der Waals surface area contributed by atoms with Crippen molar-refractivity contribution in [3.05, 3.63) is 0 Å². The van der Waals surface area contributed by atoms with Crippen molar-refractivity contribution in [2.24, 2.45) is 11.7 Å². The molecule has 0 aromatic carbocycles. The second-order valence-electron chi connectivity index (χ2n) is 6.38. The molecule has 2 rings (SSSR count). The Morgan fingerprint density at radius 1 is 1.19 bits per heavy atom. The van der Waals surface area contributed by atoms with Crippen LogP contribution in [0.4, 0.5) is 0 Å². The van der Waals surface area contributed by atoms with Crippen molar-refractivity contribution in [1.29, 1.82) is 0 Å². The normalized spacial score (nSPS) is 32.1. The van der Waals surface area contributed by atoms with Crippen LogP contribution < -0.4 is 5.73 Å². The molecule has 2 nitrogen and oxygen atoms in total. The molecule has 1 unspecified atom stereocenters. The van der Waals surface area contributed by atoms with E-state index in [0.29, 0.717) is 5.54 Å². The highest BCUT2D eigenvalue weighted by atomic mass is 15.2. The summed E-state index contributed by atoms with van der Waals surface area (Å²) >= 11 is 0. The van der Waals surface area contributed by atoms with Gasteiger partial charge in [-0.2, -0.15) is 0 Å². The molecule has 0 spiro atoms. The number of hydrogen-bond donors (Lipinski definition) is 1. The van der Waals surface area contributed by atoms with Crippen LogP contribution in [0.15, 0.2) is 0 Å². The lowest BCUT2D eigenvalue weighted by Gasteiger charge is -2.49. The fourth-order valence-corrected chi connectivity index (χ4v) is 3.92. The summed E-state index contributed by atoms with van der Waals surface area (Å²) in [6.45, 7) is 7.05. The molecule has 2 heteroatoms. The maximum absolute atomic E-state index is 5.69. The average molecular weight is 224 g/mol. The largest absolute Gasteiger partial charge is 0.330 e. The fourth-order valence-electron chi connectivity index (χ4n) is 3.92. The highest BCUT2D eigenvalue weighted by Crippen LogP contribution is 2.38. The minimum atomic E-state index is 0.410. The van der Waals surface area contributed by atoms with Gasteiger partial charge in [-0.25, -0.2) is 0 Å². The fraction of sp³-hybridized carbons (Fsp3) is 1.00. The standard InChI is InChI=1S/C14H28N2/c1-14(2)11-12(7-9-15)8-10-16(14)13-5-3-4-6-13/h12-13H,3-11,15H2,1-2H3. The number of nitrogens with two attached hydrogens (primary N) is 1. The van der Waals surface area contributed by atoms with Crippen molar-refractivity contribution < 1.29 is 0 Å². The zero-order valence-electron chi connectivity index (χ0n) is 11.0. The predicted molar refractivity (Wildman–Crippen MR) is 69.4 cm³/mol. The van der Waals surface area contributed by atoms with Gasteiger partial charge >= 0.3 is 0 Å². The number of likely N-dealkylation sites (tertiary alicyclic amines) is 1. The SMILES string of the molecule is CC1(C)CC(CCN)CCN1C1CCCC1. The van der Waals surface area contributed by atoms with Gasteiger partial charge < -0.3 is 5.73 Å². The molecule has 0 bridgehead atoms. The van der Waals surface area contributed by atoms with Crippen LogP contribution in [0.25, 0.3) is 0 Å². The van der Waals surface area contributed by atoms with Crippen molar-refractivity contribution in [1.82, 2.24) is 4.90 Å². The molecular formula is C14H28N2. The van der Waals surface area contributed by atoms with Crippen molar-refractivity contribution in [3.8, 4) is 0 Å². The summed E-state index contributed by atoms with van der Waals surface area (Å²) in [6, 6.07) is 0.883. The topological polar surface area (TPSA) is 29.3 Å². The second-order valence-corrected chi connectivity index (χ2v) is 6.38. The summed E-state index contributed by atoms with van der Waals surface area (Å²) in [7, 11) is 0. The molecular weight excluding hydrogens is 196 g/mol. The lowest BCUT2D eigenvalue weighted by atomic mass is 9.80. The van der Waals surface area contributed by atoms with Gasteiger partial charge in [0.1, 0.15) is 0 Å². The van der Waals surface area contributed by atoms with E-state index in [1.807, 2.05) is 0 Å². The van der Waals surface area contributed by atoms with E-state index in [4.69, 9.17) is 5.73 Å². The Kier molecular flexibility index (Phi) is 3.91. The van der Waals surface area contributed by atoms with Crippen molar-refractivity contribution in [3.63, 3.8) is 0 Å². The van der Waals surface area contributed by atoms with Crippen LogP contribution in [0.5, 0.6) is 0 Å². The first-order valence-corrected chi connectivity index (χ1v) is 7.10. The van der Waals surface area contributed by atoms with Crippen LogP contribution in [0.2, 0.25) is 0 Å². The minimum Gasteiger partial charge on any atom is -0.330 e. The van der Waals surface area contributed by atoms with Gasteiger partial charge in [0.25, 0.3) is 0 Å². The summed E-state index contributed by atoms with van der Waals surface area (Å²) in [5, 5.41) is 0. The Hall–Kier alpha value is -0.0800. The van der Waals surface area contributed by atoms with Gasteiger partial charge in [-0.15, -0.1) is 0 Å². The van der Waals surface area contributed by atoms with Gasteiger partial charge in [0.15, 0.2) is 0 Å². The molecule has 1 saturated carbocycles. The summed E-state index contributed by atoms with van der Waals surface area (Å²) in [5.41, 5.74) is 6.10. The van der Waals surface area contributed by atoms with Crippen LogP contribution in [0.1, 0.15) is 58.8 Å². The van der Waals surface area contributed by atoms with Gasteiger partial charge in [-0.05, 0) is 65.0 Å². The van der Waals surface area contributed by atoms with E-state index in [1.165, 1.54) is 51.5 Å². The number of hydrogen-bond acceptors (Lipinski definition) is 2. The molecule has 2 fully saturated rings. The molecule has 2 N–H and O–H groups in total. The van der Waals surface area contributed by atoms with E-state index in [-0.39, 0.29) is 0 Å². The molecule has 94 valence electrons. The molecule has 0 amide bonds. The van der Waals surface area contributed by atoms with Gasteiger partial charge in [-0.3, -0.25) is 4.90 Å². The third-order valence-electron chi connectivity index (χ3n) is 4.68. The lowest BCUT2D eigenvalue weighted by Crippen LogP contribution is -2.54. The first kappa shape index (κ1) is 12.4. The van der Waals surface area contributed by atoms with Crippen molar-refractivity contribution in [2.45, 2.75) is 70.4 Å². The molecule has 0 aromatic rings. The molecule has 2 aliphatic rings. The van der Waals surface area contributed by atoms with E-state index in [2.05, 4.69) is 18.7 Å². The second kappa shape index (κ2) is 5.05. The molecule has 1 aliphatic carbocycles. The van der Waals surface area contributed by atoms with Gasteiger partial charge in [-0.1, -0.05) is 12.8 Å². The Labute approximate surface area is 101 Å². The monoisotopic (exact) mass is 224 g/mol. The van der Waals surface area contributed by atoms with E-state index < -0.39 is 0 Å². The third-order valence-corrected chi connectivity index (χ3v) is 4.68. The van der Waals surface area contributed by atoms with Crippen LogP contribution in [0.3, 0.4) is 0 Å². The van der Waals surface area contributed by atoms with Gasteiger partial charge in [0, 0.05) is 11.6 Å². The van der Waals surface area contributed by atoms with E-state index in [0.717, 1.165) is 18.5 Å². The molecule has 0 aromatic heterocycles. The lowest BCUT2D eigenvalue weighted by molar-refractivity contribution is 0.00975. The highest BCUT2D eigenvalue weighted by molar-refractivity contribution is 4.94. The quantitative estimate of drug-likeness (QED) is 0.798. The molecule has 0 radical (unpaired) electrons. The van der Waals surface area contributed by atoms with Crippen molar-refractivity contribution in [2.75, 3.05) is 13.1 Å². The first-order valence-electron chi connectivity index (χ1n) is 7.10. The molecule has 1 atom stereocenters. The zero-order chi connectivity index (χ0) is 11.6. The Bertz CT molecular complexity index is 219. The summed E-state index contributed by atoms with van der Waals surface area (Å²) < 4.78 is 0. The van der Waals surface area contributed by atoms with E-state index >= 15 is 0 Å². The zero-order valence-corrected chi connectivity index (χ0v) is 11.0. The summed E-state index contributed by atoms with van der Waals surface area (Å²) in [5.74, 6) is 0.873. The molecule has 1 heterocycles. The molecule has 1 saturated heterocycles. The first-order chi connectivity index (χ1) is 7.63. The maximum Gasteiger partial charge on any atom is 0.0158 e. The Morgan fingerprint density at radius 3 is 2.44 bits per heavy atom. The highest BCUT2D eigenvalue weighted by Gasteiger charge is 2.38. The Balaban J connectivity index is 1.95. The molecule has 16 heavy (non-hydrogen) atoms. The predicted octanol–water partition coefficient (Wildman–Crippen LogP) is 2.77. The van der Waals surface area contributed by atoms with E-state index in [9.17, 15) is 0 Å². The van der Waals surface area contributed by atoms with Crippen LogP contribution in [-0.4, -0.2) is 29.6 Å². The smallest absolute Gasteiger partial charge is 0.0158 e. The summed E-state index contributed by atoms with van der Waals surface area (Å²) in [4.78, 5) is 2.80. The van der Waals surface area contributed by atoms with E-state index in [1.54, 1.807) is 0 Å². The van der Waals surface area contributed by atoms with Crippen LogP contribution in [0, 0.1) is 5.92 Å². The third kappa shape index (κ3) is 2.60. The summed E-state index contributed by atoms with van der Waals surface area (Å²) in [6.07, 6.45) is 9.71. The average Bonchev–Trinajstić information content (AvgIpc) is 2.69. The van der Waals surface area contributed by atoms with Crippen LogP contribution >= 0.6 is 0 Å². The van der Waals surface area contributed by atoms with Crippen molar-refractivity contribution >= 4 is 0 Å². The number of piperidine rings is 1. The maximum atomic E-state index is 5.69. The Morgan fingerprint density at radius 2 is 1.88 bits per heavy atom. The molecule has 1 aliphatic heterocycles.